The van der Waals surface area contributed by atoms with Gasteiger partial charge in [0, 0.05) is 16.7 Å². The number of hydrogen-bond acceptors (Lipinski definition) is 1. The second kappa shape index (κ2) is 4.19. The number of nitrogens with one attached hydrogen (secondary N) is 1. The minimum absolute atomic E-state index is 0.292. The van der Waals surface area contributed by atoms with Gasteiger partial charge in [-0.1, -0.05) is 51.1 Å². The number of rotatable bonds is 2. The molecule has 0 bridgehead atoms. The molecule has 0 aliphatic rings. The predicted octanol–water partition coefficient (Wildman–Crippen LogP) is 3.13. The predicted molar refractivity (Wildman–Crippen MR) is 73.9 cm³/mol. The zero-order valence-electron chi connectivity index (χ0n) is 10.5. The van der Waals surface area contributed by atoms with Gasteiger partial charge >= 0.3 is 0 Å². The van der Waals surface area contributed by atoms with E-state index in [9.17, 15) is 4.57 Å². The van der Waals surface area contributed by atoms with Crippen molar-refractivity contribution in [2.75, 3.05) is 0 Å². The summed E-state index contributed by atoms with van der Waals surface area (Å²) in [6.45, 7) is 6.09. The van der Waals surface area contributed by atoms with Crippen LogP contribution in [0.4, 0.5) is 0 Å². The van der Waals surface area contributed by atoms with E-state index in [-0.39, 0.29) is 5.16 Å². The molecule has 0 spiro atoms. The highest BCUT2D eigenvalue weighted by Gasteiger charge is 2.40. The molecule has 0 saturated heterocycles. The highest BCUT2D eigenvalue weighted by atomic mass is 31.2. The fourth-order valence-electron chi connectivity index (χ4n) is 2.04. The molecule has 2 aromatic rings. The lowest BCUT2D eigenvalue weighted by atomic mass is 10.3. The highest BCUT2D eigenvalue weighted by molar-refractivity contribution is 7.79. The normalized spacial score (nSPS) is 15.5. The SMILES string of the molecule is CC(C)(C)[P@@](=O)(c1ccccc1)c1ccc[nH]1. The Morgan fingerprint density at radius 3 is 2.12 bits per heavy atom. The number of hydrogen-bond donors (Lipinski definition) is 1. The third-order valence-electron chi connectivity index (χ3n) is 2.99. The summed E-state index contributed by atoms with van der Waals surface area (Å²) in [6.07, 6.45) is 1.83. The van der Waals surface area contributed by atoms with Crippen LogP contribution < -0.4 is 10.7 Å². The monoisotopic (exact) mass is 247 g/mol. The van der Waals surface area contributed by atoms with E-state index in [4.69, 9.17) is 0 Å². The Morgan fingerprint density at radius 2 is 1.65 bits per heavy atom. The van der Waals surface area contributed by atoms with Crippen molar-refractivity contribution in [2.45, 2.75) is 25.9 Å². The van der Waals surface area contributed by atoms with Crippen LogP contribution in [0.25, 0.3) is 0 Å². The minimum atomic E-state index is -2.62. The number of aromatic amines is 1. The maximum absolute atomic E-state index is 13.5. The van der Waals surface area contributed by atoms with E-state index in [1.807, 2.05) is 69.4 Å². The van der Waals surface area contributed by atoms with Crippen LogP contribution in [0.2, 0.25) is 0 Å². The molecule has 1 heterocycles. The summed E-state index contributed by atoms with van der Waals surface area (Å²) in [6, 6.07) is 13.5. The van der Waals surface area contributed by atoms with Crippen molar-refractivity contribution in [3.05, 3.63) is 48.7 Å². The van der Waals surface area contributed by atoms with E-state index >= 15 is 0 Å². The lowest BCUT2D eigenvalue weighted by molar-refractivity contribution is 0.563. The first-order valence-corrected chi connectivity index (χ1v) is 7.46. The molecule has 1 aromatic carbocycles. The van der Waals surface area contributed by atoms with Gasteiger partial charge in [0.1, 0.15) is 0 Å². The Morgan fingerprint density at radius 1 is 1.00 bits per heavy atom. The third kappa shape index (κ3) is 1.98. The molecule has 0 unspecified atom stereocenters. The Labute approximate surface area is 102 Å². The minimum Gasteiger partial charge on any atom is -0.359 e. The number of aromatic nitrogens is 1. The van der Waals surface area contributed by atoms with Crippen molar-refractivity contribution in [1.29, 1.82) is 0 Å². The first-order chi connectivity index (χ1) is 7.96. The lowest BCUT2D eigenvalue weighted by Crippen LogP contribution is -2.31. The summed E-state index contributed by atoms with van der Waals surface area (Å²) in [5, 5.41) is 0.620. The lowest BCUT2D eigenvalue weighted by Gasteiger charge is -2.31. The second-order valence-corrected chi connectivity index (χ2v) is 8.73. The van der Waals surface area contributed by atoms with Crippen LogP contribution in [0.1, 0.15) is 20.8 Å². The molecule has 0 radical (unpaired) electrons. The topological polar surface area (TPSA) is 32.9 Å². The molecule has 2 rings (SSSR count). The first-order valence-electron chi connectivity index (χ1n) is 5.76. The molecule has 2 nitrogen and oxygen atoms in total. The van der Waals surface area contributed by atoms with Crippen molar-refractivity contribution < 1.29 is 4.57 Å². The molecule has 0 aliphatic heterocycles. The van der Waals surface area contributed by atoms with Crippen molar-refractivity contribution >= 4 is 17.9 Å². The van der Waals surface area contributed by atoms with Crippen LogP contribution >= 0.6 is 7.14 Å². The molecule has 1 N–H and O–H groups in total. The van der Waals surface area contributed by atoms with Gasteiger partial charge in [-0.2, -0.15) is 0 Å². The van der Waals surface area contributed by atoms with Gasteiger partial charge in [-0.05, 0) is 12.1 Å². The van der Waals surface area contributed by atoms with Crippen molar-refractivity contribution in [1.82, 2.24) is 4.98 Å². The summed E-state index contributed by atoms with van der Waals surface area (Å²) in [5.41, 5.74) is 0.830. The van der Waals surface area contributed by atoms with E-state index in [1.54, 1.807) is 0 Å². The molecular weight excluding hydrogens is 229 g/mol. The fourth-order valence-corrected chi connectivity index (χ4v) is 4.96. The first kappa shape index (κ1) is 12.2. The summed E-state index contributed by atoms with van der Waals surface area (Å²) in [4.78, 5) is 3.12. The van der Waals surface area contributed by atoms with E-state index in [2.05, 4.69) is 4.98 Å². The van der Waals surface area contributed by atoms with Crippen molar-refractivity contribution in [2.24, 2.45) is 0 Å². The molecule has 0 aliphatic carbocycles. The van der Waals surface area contributed by atoms with Gasteiger partial charge in [-0.25, -0.2) is 0 Å². The third-order valence-corrected chi connectivity index (χ3v) is 6.86. The van der Waals surface area contributed by atoms with E-state index in [1.165, 1.54) is 0 Å². The Kier molecular flexibility index (Phi) is 3.01. The quantitative estimate of drug-likeness (QED) is 0.812. The van der Waals surface area contributed by atoms with Crippen LogP contribution in [0.3, 0.4) is 0 Å². The van der Waals surface area contributed by atoms with E-state index < -0.39 is 7.14 Å². The van der Waals surface area contributed by atoms with Gasteiger partial charge in [0.15, 0.2) is 7.14 Å². The average Bonchev–Trinajstić information content (AvgIpc) is 2.81. The van der Waals surface area contributed by atoms with Gasteiger partial charge in [0.2, 0.25) is 0 Å². The molecule has 0 amide bonds. The number of H-pyrrole nitrogens is 1. The Bertz CT molecular complexity index is 523. The molecule has 0 fully saturated rings. The maximum Gasteiger partial charge on any atom is 0.163 e. The summed E-state index contributed by atoms with van der Waals surface area (Å²) in [5.74, 6) is 0. The van der Waals surface area contributed by atoms with Gasteiger partial charge in [-0.15, -0.1) is 0 Å². The van der Waals surface area contributed by atoms with Crippen LogP contribution in [0.5, 0.6) is 0 Å². The summed E-state index contributed by atoms with van der Waals surface area (Å²) >= 11 is 0. The van der Waals surface area contributed by atoms with Gasteiger partial charge in [-0.3, -0.25) is 0 Å². The Hall–Kier alpha value is -1.27. The van der Waals surface area contributed by atoms with E-state index in [0.29, 0.717) is 0 Å². The molecule has 90 valence electrons. The maximum atomic E-state index is 13.5. The standard InChI is InChI=1S/C14H18NOP/c1-14(2,3)17(16,13-10-7-11-15-13)12-8-5-4-6-9-12/h4-11,15H,1-3H3/t17-/m1/s1. The highest BCUT2D eigenvalue weighted by Crippen LogP contribution is 2.54. The molecule has 1 atom stereocenters. The largest absolute Gasteiger partial charge is 0.359 e. The average molecular weight is 247 g/mol. The van der Waals surface area contributed by atoms with Crippen LogP contribution in [-0.2, 0) is 4.57 Å². The smallest absolute Gasteiger partial charge is 0.163 e. The Balaban J connectivity index is 2.66. The van der Waals surface area contributed by atoms with Crippen LogP contribution in [0, 0.1) is 0 Å². The van der Waals surface area contributed by atoms with Gasteiger partial charge in [0.25, 0.3) is 0 Å². The van der Waals surface area contributed by atoms with E-state index in [0.717, 1.165) is 10.7 Å². The molecule has 3 heteroatoms. The molecular formula is C14H18NOP. The van der Waals surface area contributed by atoms with Crippen molar-refractivity contribution in [3.63, 3.8) is 0 Å². The second-order valence-electron chi connectivity index (χ2n) is 5.17. The zero-order chi connectivity index (χ0) is 12.5. The molecule has 1 aromatic heterocycles. The summed E-state index contributed by atoms with van der Waals surface area (Å²) in [7, 11) is -2.62. The molecule has 0 saturated carbocycles. The molecule has 17 heavy (non-hydrogen) atoms. The van der Waals surface area contributed by atoms with Crippen LogP contribution in [0.15, 0.2) is 48.7 Å². The van der Waals surface area contributed by atoms with Gasteiger partial charge < -0.3 is 9.55 Å². The summed E-state index contributed by atoms with van der Waals surface area (Å²) < 4.78 is 13.5. The van der Waals surface area contributed by atoms with Crippen molar-refractivity contribution in [3.8, 4) is 0 Å². The van der Waals surface area contributed by atoms with Gasteiger partial charge in [0.05, 0.1) is 5.44 Å². The fraction of sp³-hybridized carbons (Fsp3) is 0.286. The zero-order valence-corrected chi connectivity index (χ0v) is 11.4. The van der Waals surface area contributed by atoms with Crippen LogP contribution in [-0.4, -0.2) is 10.1 Å². The number of benzene rings is 1.